The maximum absolute atomic E-state index is 6.47. The second-order valence-corrected chi connectivity index (χ2v) is 4.81. The first-order valence-electron chi connectivity index (χ1n) is 5.70. The molecule has 1 aromatic rings. The maximum atomic E-state index is 6.47. The van der Waals surface area contributed by atoms with Gasteiger partial charge in [-0.15, -0.1) is 0 Å². The van der Waals surface area contributed by atoms with Crippen LogP contribution < -0.4 is 10.5 Å². The van der Waals surface area contributed by atoms with Crippen molar-refractivity contribution in [2.24, 2.45) is 17.6 Å². The van der Waals surface area contributed by atoms with E-state index in [1.165, 1.54) is 24.8 Å². The third kappa shape index (κ3) is 1.14. The Hall–Kier alpha value is -1.02. The molecule has 2 aliphatic carbocycles. The van der Waals surface area contributed by atoms with Crippen molar-refractivity contribution < 1.29 is 4.74 Å². The van der Waals surface area contributed by atoms with Crippen LogP contribution in [0.15, 0.2) is 24.3 Å². The molecule has 80 valence electrons. The highest BCUT2D eigenvalue weighted by atomic mass is 16.5. The van der Waals surface area contributed by atoms with Gasteiger partial charge in [-0.25, -0.2) is 0 Å². The van der Waals surface area contributed by atoms with Crippen LogP contribution in [0.1, 0.15) is 24.8 Å². The third-order valence-electron chi connectivity index (χ3n) is 4.22. The van der Waals surface area contributed by atoms with Gasteiger partial charge in [-0.3, -0.25) is 0 Å². The van der Waals surface area contributed by atoms with Crippen molar-refractivity contribution in [3.63, 3.8) is 0 Å². The van der Waals surface area contributed by atoms with Gasteiger partial charge in [0.05, 0.1) is 7.11 Å². The zero-order chi connectivity index (χ0) is 10.5. The Bertz CT molecular complexity index is 361. The third-order valence-corrected chi connectivity index (χ3v) is 4.22. The van der Waals surface area contributed by atoms with Gasteiger partial charge in [-0.1, -0.05) is 18.6 Å². The van der Waals surface area contributed by atoms with Crippen molar-refractivity contribution in [3.05, 3.63) is 29.8 Å². The molecule has 0 heterocycles. The van der Waals surface area contributed by atoms with E-state index in [2.05, 4.69) is 12.1 Å². The van der Waals surface area contributed by atoms with Gasteiger partial charge in [0.2, 0.25) is 0 Å². The first-order valence-corrected chi connectivity index (χ1v) is 5.70. The van der Waals surface area contributed by atoms with E-state index in [9.17, 15) is 0 Å². The van der Waals surface area contributed by atoms with Gasteiger partial charge in [0.1, 0.15) is 5.75 Å². The Kier molecular flexibility index (Phi) is 1.84. The maximum Gasteiger partial charge on any atom is 0.118 e. The predicted octanol–water partition coefficient (Wildman–Crippen LogP) is 2.28. The molecule has 3 rings (SSSR count). The van der Waals surface area contributed by atoms with Gasteiger partial charge in [0.15, 0.2) is 0 Å². The van der Waals surface area contributed by atoms with Crippen LogP contribution in [0.4, 0.5) is 0 Å². The quantitative estimate of drug-likeness (QED) is 0.800. The van der Waals surface area contributed by atoms with Gasteiger partial charge in [0.25, 0.3) is 0 Å². The summed E-state index contributed by atoms with van der Waals surface area (Å²) in [5.74, 6) is 2.39. The normalized spacial score (nSPS) is 37.5. The Balaban J connectivity index is 1.88. The lowest BCUT2D eigenvalue weighted by Gasteiger charge is -2.16. The minimum absolute atomic E-state index is 0.00940. The van der Waals surface area contributed by atoms with Crippen LogP contribution in [-0.4, -0.2) is 7.11 Å². The van der Waals surface area contributed by atoms with Gasteiger partial charge >= 0.3 is 0 Å². The van der Waals surface area contributed by atoms with Gasteiger partial charge in [-0.2, -0.15) is 0 Å². The molecule has 1 aromatic carbocycles. The van der Waals surface area contributed by atoms with Crippen LogP contribution >= 0.6 is 0 Å². The number of nitrogens with two attached hydrogens (primary N) is 1. The zero-order valence-corrected chi connectivity index (χ0v) is 9.07. The van der Waals surface area contributed by atoms with Crippen LogP contribution in [0.2, 0.25) is 0 Å². The van der Waals surface area contributed by atoms with Crippen LogP contribution in [0.5, 0.6) is 5.75 Å². The monoisotopic (exact) mass is 203 g/mol. The van der Waals surface area contributed by atoms with E-state index in [4.69, 9.17) is 10.5 Å². The molecule has 2 N–H and O–H groups in total. The summed E-state index contributed by atoms with van der Waals surface area (Å²) in [4.78, 5) is 0. The summed E-state index contributed by atoms with van der Waals surface area (Å²) in [5, 5.41) is 0. The SMILES string of the molecule is COc1ccc(C2(N)C3CCCC32)cc1. The summed E-state index contributed by atoms with van der Waals surface area (Å²) in [5.41, 5.74) is 7.75. The first kappa shape index (κ1) is 9.22. The summed E-state index contributed by atoms with van der Waals surface area (Å²) in [6, 6.07) is 8.27. The molecule has 2 atom stereocenters. The number of ether oxygens (including phenoxy) is 1. The number of methoxy groups -OCH3 is 1. The standard InChI is InChI=1S/C13H17NO/c1-15-10-7-5-9(6-8-10)13(14)11-3-2-4-12(11)13/h5-8,11-12H,2-4,14H2,1H3. The molecular formula is C13H17NO. The second-order valence-electron chi connectivity index (χ2n) is 4.81. The molecule has 0 aromatic heterocycles. The summed E-state index contributed by atoms with van der Waals surface area (Å²) >= 11 is 0. The van der Waals surface area contributed by atoms with Crippen LogP contribution in [0.25, 0.3) is 0 Å². The fourth-order valence-corrected chi connectivity index (χ4v) is 3.31. The predicted molar refractivity (Wildman–Crippen MR) is 59.7 cm³/mol. The molecule has 2 unspecified atom stereocenters. The van der Waals surface area contributed by atoms with Crippen molar-refractivity contribution in [1.82, 2.24) is 0 Å². The molecule has 0 spiro atoms. The highest BCUT2D eigenvalue weighted by molar-refractivity contribution is 5.39. The Morgan fingerprint density at radius 3 is 2.33 bits per heavy atom. The summed E-state index contributed by atoms with van der Waals surface area (Å²) in [6.45, 7) is 0. The van der Waals surface area contributed by atoms with Crippen LogP contribution in [0.3, 0.4) is 0 Å². The van der Waals surface area contributed by atoms with E-state index in [0.29, 0.717) is 0 Å². The number of hydrogen-bond donors (Lipinski definition) is 1. The average Bonchev–Trinajstić information content (AvgIpc) is 2.71. The molecule has 2 heteroatoms. The van der Waals surface area contributed by atoms with E-state index in [1.807, 2.05) is 12.1 Å². The molecule has 0 bridgehead atoms. The fraction of sp³-hybridized carbons (Fsp3) is 0.538. The number of fused-ring (bicyclic) bond motifs is 1. The van der Waals surface area contributed by atoms with Crippen molar-refractivity contribution >= 4 is 0 Å². The van der Waals surface area contributed by atoms with Gasteiger partial charge < -0.3 is 10.5 Å². The smallest absolute Gasteiger partial charge is 0.118 e. The highest BCUT2D eigenvalue weighted by Crippen LogP contribution is 2.64. The fourth-order valence-electron chi connectivity index (χ4n) is 3.31. The molecule has 2 fully saturated rings. The molecule has 2 aliphatic rings. The zero-order valence-electron chi connectivity index (χ0n) is 9.07. The average molecular weight is 203 g/mol. The van der Waals surface area contributed by atoms with E-state index in [0.717, 1.165) is 17.6 Å². The lowest BCUT2D eigenvalue weighted by Crippen LogP contribution is -2.25. The van der Waals surface area contributed by atoms with E-state index >= 15 is 0 Å². The van der Waals surface area contributed by atoms with Crippen molar-refractivity contribution in [2.75, 3.05) is 7.11 Å². The summed E-state index contributed by atoms with van der Waals surface area (Å²) in [7, 11) is 1.69. The van der Waals surface area contributed by atoms with E-state index in [-0.39, 0.29) is 5.54 Å². The van der Waals surface area contributed by atoms with Crippen molar-refractivity contribution in [1.29, 1.82) is 0 Å². The number of hydrogen-bond acceptors (Lipinski definition) is 2. The van der Waals surface area contributed by atoms with Gasteiger partial charge in [-0.05, 0) is 42.4 Å². The van der Waals surface area contributed by atoms with Crippen LogP contribution in [0, 0.1) is 11.8 Å². The number of benzene rings is 1. The Morgan fingerprint density at radius 1 is 1.20 bits per heavy atom. The Labute approximate surface area is 90.4 Å². The second kappa shape index (κ2) is 2.99. The minimum atomic E-state index is -0.00940. The topological polar surface area (TPSA) is 35.2 Å². The molecular weight excluding hydrogens is 186 g/mol. The molecule has 2 saturated carbocycles. The first-order chi connectivity index (χ1) is 7.26. The lowest BCUT2D eigenvalue weighted by atomic mass is 9.97. The molecule has 0 aliphatic heterocycles. The molecule has 0 amide bonds. The molecule has 2 nitrogen and oxygen atoms in total. The van der Waals surface area contributed by atoms with E-state index in [1.54, 1.807) is 7.11 Å². The van der Waals surface area contributed by atoms with Gasteiger partial charge in [0, 0.05) is 5.54 Å². The van der Waals surface area contributed by atoms with Crippen molar-refractivity contribution in [2.45, 2.75) is 24.8 Å². The number of rotatable bonds is 2. The molecule has 0 saturated heterocycles. The summed E-state index contributed by atoms with van der Waals surface area (Å²) < 4.78 is 5.16. The summed E-state index contributed by atoms with van der Waals surface area (Å²) in [6.07, 6.45) is 3.99. The minimum Gasteiger partial charge on any atom is -0.497 e. The highest BCUT2D eigenvalue weighted by Gasteiger charge is 2.64. The lowest BCUT2D eigenvalue weighted by molar-refractivity contribution is 0.414. The largest absolute Gasteiger partial charge is 0.497 e. The van der Waals surface area contributed by atoms with Crippen LogP contribution in [-0.2, 0) is 5.54 Å². The van der Waals surface area contributed by atoms with Crippen molar-refractivity contribution in [3.8, 4) is 5.75 Å². The van der Waals surface area contributed by atoms with E-state index < -0.39 is 0 Å². The molecule has 0 radical (unpaired) electrons. The molecule has 15 heavy (non-hydrogen) atoms. The Morgan fingerprint density at radius 2 is 1.80 bits per heavy atom.